The van der Waals surface area contributed by atoms with Crippen molar-refractivity contribution in [2.24, 2.45) is 17.4 Å². The molecule has 0 aromatic heterocycles. The fraction of sp³-hybridized carbons (Fsp3) is 1.00. The van der Waals surface area contributed by atoms with E-state index in [1.807, 2.05) is 6.92 Å². The molecule has 1 saturated heterocycles. The summed E-state index contributed by atoms with van der Waals surface area (Å²) in [5.41, 5.74) is 11.0. The average molecular weight is 146 g/mol. The van der Waals surface area contributed by atoms with Crippen LogP contribution in [-0.2, 0) is 0 Å². The van der Waals surface area contributed by atoms with Crippen LogP contribution in [-0.4, -0.2) is 19.0 Å². The molecule has 1 aliphatic heterocycles. The quantitative estimate of drug-likeness (QED) is 0.277. The molecule has 0 aromatic carbocycles. The molecule has 1 aliphatic rings. The predicted octanol–water partition coefficient (Wildman–Crippen LogP) is -2.86. The van der Waals surface area contributed by atoms with Crippen molar-refractivity contribution >= 4 is 0 Å². The molecular formula is C5H14N4O. The Labute approximate surface area is 59.9 Å². The number of nitrogens with two attached hydrogens (primary N) is 2. The van der Waals surface area contributed by atoms with Gasteiger partial charge < -0.3 is 16.0 Å². The van der Waals surface area contributed by atoms with Crippen molar-refractivity contribution in [2.75, 3.05) is 6.54 Å². The van der Waals surface area contributed by atoms with E-state index in [4.69, 9.17) is 11.5 Å². The zero-order valence-corrected chi connectivity index (χ0v) is 6.00. The van der Waals surface area contributed by atoms with E-state index >= 15 is 0 Å². The zero-order valence-electron chi connectivity index (χ0n) is 6.00. The van der Waals surface area contributed by atoms with E-state index in [-0.39, 0.29) is 17.1 Å². The number of rotatable bonds is 0. The summed E-state index contributed by atoms with van der Waals surface area (Å²) in [7, 11) is 0. The van der Waals surface area contributed by atoms with E-state index in [9.17, 15) is 5.21 Å². The summed E-state index contributed by atoms with van der Waals surface area (Å²) in [5, 5.41) is 13.7. The van der Waals surface area contributed by atoms with Gasteiger partial charge in [0.25, 0.3) is 0 Å². The normalized spacial score (nSPS) is 49.2. The van der Waals surface area contributed by atoms with Gasteiger partial charge >= 0.3 is 0 Å². The Morgan fingerprint density at radius 1 is 1.60 bits per heavy atom. The molecule has 6 N–H and O–H groups in total. The fourth-order valence-electron chi connectivity index (χ4n) is 1.04. The molecule has 0 aliphatic carbocycles. The largest absolute Gasteiger partial charge is 0.632 e. The molecule has 4 atom stereocenters. The molecule has 1 fully saturated rings. The lowest BCUT2D eigenvalue weighted by atomic mass is 10.1. The Hall–Kier alpha value is -0.200. The maximum Gasteiger partial charge on any atom is 0.197 e. The highest BCUT2D eigenvalue weighted by Crippen LogP contribution is 1.96. The van der Waals surface area contributed by atoms with E-state index in [0.717, 1.165) is 0 Å². The number of hydrogen-bond acceptors (Lipinski definition) is 4. The minimum Gasteiger partial charge on any atom is -0.632 e. The Bertz CT molecular complexity index is 94.2. The van der Waals surface area contributed by atoms with E-state index < -0.39 is 6.29 Å². The second-order valence-electron chi connectivity index (χ2n) is 2.82. The van der Waals surface area contributed by atoms with Gasteiger partial charge in [0.05, 0.1) is 12.7 Å². The Kier molecular flexibility index (Phi) is 2.22. The molecule has 0 saturated carbocycles. The first kappa shape index (κ1) is 7.90. The standard InChI is InChI=1S/C5H14N4O/c1-3-2-9(10)5(7)8-4(3)6/h3-5,8-9H,2,6-7H2,1H3. The van der Waals surface area contributed by atoms with Crippen molar-refractivity contribution in [3.8, 4) is 0 Å². The van der Waals surface area contributed by atoms with Crippen LogP contribution in [0.4, 0.5) is 0 Å². The van der Waals surface area contributed by atoms with Gasteiger partial charge in [-0.15, -0.1) is 0 Å². The molecule has 0 amide bonds. The minimum atomic E-state index is -0.550. The van der Waals surface area contributed by atoms with E-state index in [1.54, 1.807) is 0 Å². The third-order valence-corrected chi connectivity index (χ3v) is 1.86. The van der Waals surface area contributed by atoms with E-state index in [0.29, 0.717) is 6.54 Å². The second-order valence-corrected chi connectivity index (χ2v) is 2.82. The monoisotopic (exact) mass is 146 g/mol. The number of hydroxylamine groups is 2. The maximum absolute atomic E-state index is 10.9. The molecule has 0 radical (unpaired) electrons. The van der Waals surface area contributed by atoms with Gasteiger partial charge in [-0.05, 0) is 0 Å². The van der Waals surface area contributed by atoms with Gasteiger partial charge in [0.2, 0.25) is 0 Å². The fourth-order valence-corrected chi connectivity index (χ4v) is 1.04. The van der Waals surface area contributed by atoms with Crippen molar-refractivity contribution in [3.63, 3.8) is 0 Å². The summed E-state index contributed by atoms with van der Waals surface area (Å²) in [5.74, 6) is 0.201. The Balaban J connectivity index is 2.46. The Morgan fingerprint density at radius 2 is 2.20 bits per heavy atom. The second kappa shape index (κ2) is 2.81. The minimum absolute atomic E-state index is 0.0502. The van der Waals surface area contributed by atoms with Crippen LogP contribution in [0.1, 0.15) is 6.92 Å². The first-order valence-electron chi connectivity index (χ1n) is 3.41. The lowest BCUT2D eigenvalue weighted by molar-refractivity contribution is -0.889. The van der Waals surface area contributed by atoms with Gasteiger partial charge in [0, 0.05) is 5.92 Å². The highest BCUT2D eigenvalue weighted by atomic mass is 16.5. The number of quaternary nitrogens is 1. The highest BCUT2D eigenvalue weighted by Gasteiger charge is 2.26. The predicted molar refractivity (Wildman–Crippen MR) is 37.4 cm³/mol. The lowest BCUT2D eigenvalue weighted by Crippen LogP contribution is -3.18. The van der Waals surface area contributed by atoms with Gasteiger partial charge in [-0.25, -0.2) is 5.32 Å². The van der Waals surface area contributed by atoms with Crippen LogP contribution in [0.25, 0.3) is 0 Å². The third-order valence-electron chi connectivity index (χ3n) is 1.86. The number of hydrogen-bond donors (Lipinski definition) is 4. The van der Waals surface area contributed by atoms with Crippen LogP contribution >= 0.6 is 0 Å². The summed E-state index contributed by atoms with van der Waals surface area (Å²) < 4.78 is 0. The molecule has 0 spiro atoms. The molecule has 0 aromatic rings. The van der Waals surface area contributed by atoms with Crippen molar-refractivity contribution < 1.29 is 5.06 Å². The van der Waals surface area contributed by atoms with Crippen LogP contribution in [0.2, 0.25) is 0 Å². The van der Waals surface area contributed by atoms with Gasteiger partial charge in [0.1, 0.15) is 0 Å². The first-order chi connectivity index (χ1) is 4.61. The third kappa shape index (κ3) is 1.44. The van der Waals surface area contributed by atoms with Crippen molar-refractivity contribution in [3.05, 3.63) is 5.21 Å². The molecule has 1 rings (SSSR count). The first-order valence-corrected chi connectivity index (χ1v) is 3.41. The molecule has 60 valence electrons. The smallest absolute Gasteiger partial charge is 0.197 e. The Morgan fingerprint density at radius 3 is 2.70 bits per heavy atom. The average Bonchev–Trinajstić information content (AvgIpc) is 1.84. The lowest BCUT2D eigenvalue weighted by Gasteiger charge is -2.39. The summed E-state index contributed by atoms with van der Waals surface area (Å²) >= 11 is 0. The highest BCUT2D eigenvalue weighted by molar-refractivity contribution is 4.70. The SMILES string of the molecule is CC1C[NH+]([O-])C(N)NC1N. The zero-order chi connectivity index (χ0) is 7.72. The van der Waals surface area contributed by atoms with E-state index in [1.165, 1.54) is 0 Å². The molecule has 5 heteroatoms. The van der Waals surface area contributed by atoms with Crippen LogP contribution < -0.4 is 21.8 Å². The van der Waals surface area contributed by atoms with E-state index in [2.05, 4.69) is 5.32 Å². The van der Waals surface area contributed by atoms with Crippen LogP contribution in [0, 0.1) is 11.1 Å². The molecule has 0 bridgehead atoms. The van der Waals surface area contributed by atoms with Gasteiger partial charge in [-0.2, -0.15) is 0 Å². The van der Waals surface area contributed by atoms with Gasteiger partial charge in [-0.1, -0.05) is 6.92 Å². The van der Waals surface area contributed by atoms with Crippen LogP contribution in [0.5, 0.6) is 0 Å². The van der Waals surface area contributed by atoms with Gasteiger partial charge in [-0.3, -0.25) is 5.73 Å². The topological polar surface area (TPSA) is 91.6 Å². The van der Waals surface area contributed by atoms with Crippen LogP contribution in [0.3, 0.4) is 0 Å². The number of nitrogens with one attached hydrogen (secondary N) is 2. The molecule has 10 heavy (non-hydrogen) atoms. The van der Waals surface area contributed by atoms with Crippen molar-refractivity contribution in [1.82, 2.24) is 5.32 Å². The van der Waals surface area contributed by atoms with Crippen molar-refractivity contribution in [2.45, 2.75) is 19.4 Å². The van der Waals surface area contributed by atoms with Crippen LogP contribution in [0.15, 0.2) is 0 Å². The summed E-state index contributed by atoms with van der Waals surface area (Å²) in [6, 6.07) is 0. The summed E-state index contributed by atoms with van der Waals surface area (Å²) in [6.45, 7) is 2.43. The summed E-state index contributed by atoms with van der Waals surface area (Å²) in [6.07, 6.45) is -0.682. The molecule has 1 heterocycles. The maximum atomic E-state index is 10.9. The molecule has 5 nitrogen and oxygen atoms in total. The molecular weight excluding hydrogens is 132 g/mol. The van der Waals surface area contributed by atoms with Gasteiger partial charge in [0.15, 0.2) is 6.29 Å². The summed E-state index contributed by atoms with van der Waals surface area (Å²) in [4.78, 5) is 0. The molecule has 4 unspecified atom stereocenters. The van der Waals surface area contributed by atoms with Crippen molar-refractivity contribution in [1.29, 1.82) is 0 Å².